The number of likely N-dealkylation sites (N-methyl/N-ethyl adjacent to an activating group) is 1. The Balaban J connectivity index is 2.06. The van der Waals surface area contributed by atoms with Gasteiger partial charge in [0.2, 0.25) is 0 Å². The van der Waals surface area contributed by atoms with Crippen molar-refractivity contribution < 1.29 is 0 Å². The molecule has 3 heteroatoms. The van der Waals surface area contributed by atoms with Crippen molar-refractivity contribution in [1.29, 1.82) is 0 Å². The molecule has 3 nitrogen and oxygen atoms in total. The molecule has 2 aromatic carbocycles. The predicted molar refractivity (Wildman–Crippen MR) is 83.8 cm³/mol. The fourth-order valence-electron chi connectivity index (χ4n) is 2.51. The molecular formula is C17H19N3. The lowest BCUT2D eigenvalue weighted by Gasteiger charge is -2.03. The summed E-state index contributed by atoms with van der Waals surface area (Å²) in [6.45, 7) is 0.995. The van der Waals surface area contributed by atoms with Crippen LogP contribution in [0.3, 0.4) is 0 Å². The molecular weight excluding hydrogens is 246 g/mol. The zero-order chi connectivity index (χ0) is 13.9. The molecule has 0 saturated heterocycles. The van der Waals surface area contributed by atoms with E-state index >= 15 is 0 Å². The van der Waals surface area contributed by atoms with Crippen molar-refractivity contribution in [1.82, 2.24) is 14.9 Å². The summed E-state index contributed by atoms with van der Waals surface area (Å²) < 4.78 is 2.17. The molecule has 0 radical (unpaired) electrons. The van der Waals surface area contributed by atoms with Crippen LogP contribution in [0, 0.1) is 0 Å². The molecule has 3 aromatic rings. The van der Waals surface area contributed by atoms with Crippen LogP contribution in [-0.2, 0) is 13.5 Å². The highest BCUT2D eigenvalue weighted by Gasteiger charge is 2.09. The van der Waals surface area contributed by atoms with Crippen LogP contribution in [0.25, 0.3) is 22.4 Å². The molecule has 3 rings (SSSR count). The SMILES string of the molecule is CNCCc1ccc2nc(-c3ccccc3)n(C)c2c1. The van der Waals surface area contributed by atoms with Gasteiger partial charge in [0.1, 0.15) is 5.82 Å². The van der Waals surface area contributed by atoms with Crippen molar-refractivity contribution in [2.24, 2.45) is 7.05 Å². The van der Waals surface area contributed by atoms with E-state index in [0.29, 0.717) is 0 Å². The third kappa shape index (κ3) is 2.32. The van der Waals surface area contributed by atoms with Crippen molar-refractivity contribution in [3.8, 4) is 11.4 Å². The maximum absolute atomic E-state index is 4.75. The monoisotopic (exact) mass is 265 g/mol. The zero-order valence-electron chi connectivity index (χ0n) is 11.9. The minimum absolute atomic E-state index is 0.995. The van der Waals surface area contributed by atoms with Gasteiger partial charge in [-0.1, -0.05) is 36.4 Å². The highest BCUT2D eigenvalue weighted by molar-refractivity contribution is 5.81. The molecule has 0 fully saturated rings. The number of aryl methyl sites for hydroxylation is 1. The van der Waals surface area contributed by atoms with E-state index in [9.17, 15) is 0 Å². The van der Waals surface area contributed by atoms with E-state index in [1.165, 1.54) is 11.1 Å². The maximum Gasteiger partial charge on any atom is 0.140 e. The second-order valence-electron chi connectivity index (χ2n) is 5.04. The van der Waals surface area contributed by atoms with E-state index in [1.54, 1.807) is 0 Å². The predicted octanol–water partition coefficient (Wildman–Crippen LogP) is 3.00. The average molecular weight is 265 g/mol. The molecule has 102 valence electrons. The summed E-state index contributed by atoms with van der Waals surface area (Å²) in [5, 5.41) is 3.19. The van der Waals surface area contributed by atoms with Gasteiger partial charge in [-0.05, 0) is 37.7 Å². The molecule has 0 spiro atoms. The molecule has 0 amide bonds. The first-order valence-electron chi connectivity index (χ1n) is 6.95. The molecule has 1 heterocycles. The van der Waals surface area contributed by atoms with Gasteiger partial charge in [-0.2, -0.15) is 0 Å². The normalized spacial score (nSPS) is 11.1. The van der Waals surface area contributed by atoms with Crippen LogP contribution < -0.4 is 5.32 Å². The van der Waals surface area contributed by atoms with E-state index < -0.39 is 0 Å². The zero-order valence-corrected chi connectivity index (χ0v) is 11.9. The van der Waals surface area contributed by atoms with Crippen molar-refractivity contribution >= 4 is 11.0 Å². The highest BCUT2D eigenvalue weighted by Crippen LogP contribution is 2.24. The molecule has 0 aliphatic rings. The second kappa shape index (κ2) is 5.47. The molecule has 1 aromatic heterocycles. The highest BCUT2D eigenvalue weighted by atomic mass is 15.1. The van der Waals surface area contributed by atoms with Crippen molar-refractivity contribution in [3.63, 3.8) is 0 Å². The number of nitrogens with one attached hydrogen (secondary N) is 1. The van der Waals surface area contributed by atoms with E-state index in [1.807, 2.05) is 25.2 Å². The van der Waals surface area contributed by atoms with Crippen molar-refractivity contribution in [2.45, 2.75) is 6.42 Å². The van der Waals surface area contributed by atoms with E-state index in [2.05, 4.69) is 47.3 Å². The van der Waals surface area contributed by atoms with Crippen molar-refractivity contribution in [2.75, 3.05) is 13.6 Å². The molecule has 0 atom stereocenters. The summed E-state index contributed by atoms with van der Waals surface area (Å²) in [4.78, 5) is 4.75. The summed E-state index contributed by atoms with van der Waals surface area (Å²) in [6, 6.07) is 16.9. The Morgan fingerprint density at radius 2 is 1.90 bits per heavy atom. The number of nitrogens with zero attached hydrogens (tertiary/aromatic N) is 2. The lowest BCUT2D eigenvalue weighted by atomic mass is 10.1. The van der Waals surface area contributed by atoms with Gasteiger partial charge in [0.15, 0.2) is 0 Å². The lowest BCUT2D eigenvalue weighted by Crippen LogP contribution is -2.10. The van der Waals surface area contributed by atoms with Crippen molar-refractivity contribution in [3.05, 3.63) is 54.1 Å². The third-order valence-corrected chi connectivity index (χ3v) is 3.64. The Morgan fingerprint density at radius 1 is 1.10 bits per heavy atom. The van der Waals surface area contributed by atoms with Crippen LogP contribution in [0.4, 0.5) is 0 Å². The van der Waals surface area contributed by atoms with Gasteiger partial charge < -0.3 is 9.88 Å². The summed E-state index contributed by atoms with van der Waals surface area (Å²) in [7, 11) is 4.07. The summed E-state index contributed by atoms with van der Waals surface area (Å²) in [5.41, 5.74) is 4.74. The Hall–Kier alpha value is -2.13. The number of imidazole rings is 1. The first-order chi connectivity index (χ1) is 9.79. The smallest absolute Gasteiger partial charge is 0.140 e. The number of benzene rings is 2. The first-order valence-corrected chi connectivity index (χ1v) is 6.95. The van der Waals surface area contributed by atoms with Gasteiger partial charge in [0, 0.05) is 12.6 Å². The van der Waals surface area contributed by atoms with Crippen LogP contribution in [0.15, 0.2) is 48.5 Å². The minimum atomic E-state index is 0.995. The number of rotatable bonds is 4. The Bertz CT molecular complexity index is 714. The van der Waals surface area contributed by atoms with Gasteiger partial charge in [-0.15, -0.1) is 0 Å². The van der Waals surface area contributed by atoms with Gasteiger partial charge >= 0.3 is 0 Å². The van der Waals surface area contributed by atoms with Crippen LogP contribution in [0.1, 0.15) is 5.56 Å². The Labute approximate surface area is 119 Å². The number of fused-ring (bicyclic) bond motifs is 1. The Kier molecular flexibility index (Phi) is 3.52. The van der Waals surface area contributed by atoms with Crippen LogP contribution in [0.5, 0.6) is 0 Å². The second-order valence-corrected chi connectivity index (χ2v) is 5.04. The largest absolute Gasteiger partial charge is 0.327 e. The fourth-order valence-corrected chi connectivity index (χ4v) is 2.51. The number of hydrogen-bond donors (Lipinski definition) is 1. The standard InChI is InChI=1S/C17H19N3/c1-18-11-10-13-8-9-15-16(12-13)20(2)17(19-15)14-6-4-3-5-7-14/h3-9,12,18H,10-11H2,1-2H3. The number of hydrogen-bond acceptors (Lipinski definition) is 2. The average Bonchev–Trinajstić information content (AvgIpc) is 2.83. The molecule has 0 saturated carbocycles. The van der Waals surface area contributed by atoms with E-state index in [-0.39, 0.29) is 0 Å². The van der Waals surface area contributed by atoms with Gasteiger partial charge in [0.05, 0.1) is 11.0 Å². The molecule has 20 heavy (non-hydrogen) atoms. The fraction of sp³-hybridized carbons (Fsp3) is 0.235. The molecule has 0 unspecified atom stereocenters. The van der Waals surface area contributed by atoms with E-state index in [4.69, 9.17) is 4.98 Å². The van der Waals surface area contributed by atoms with Gasteiger partial charge in [-0.3, -0.25) is 0 Å². The lowest BCUT2D eigenvalue weighted by molar-refractivity contribution is 0.792. The van der Waals surface area contributed by atoms with Crippen LogP contribution >= 0.6 is 0 Å². The van der Waals surface area contributed by atoms with E-state index in [0.717, 1.165) is 29.9 Å². The van der Waals surface area contributed by atoms with Gasteiger partial charge in [0.25, 0.3) is 0 Å². The van der Waals surface area contributed by atoms with Gasteiger partial charge in [-0.25, -0.2) is 4.98 Å². The van der Waals surface area contributed by atoms with Crippen LogP contribution in [-0.4, -0.2) is 23.1 Å². The third-order valence-electron chi connectivity index (χ3n) is 3.64. The molecule has 1 N–H and O–H groups in total. The number of aromatic nitrogens is 2. The summed E-state index contributed by atoms with van der Waals surface area (Å²) in [5.74, 6) is 1.02. The summed E-state index contributed by atoms with van der Waals surface area (Å²) in [6.07, 6.45) is 1.04. The molecule has 0 aliphatic heterocycles. The molecule has 0 bridgehead atoms. The minimum Gasteiger partial charge on any atom is -0.327 e. The Morgan fingerprint density at radius 3 is 2.65 bits per heavy atom. The first kappa shape index (κ1) is 12.9. The van der Waals surface area contributed by atoms with Crippen LogP contribution in [0.2, 0.25) is 0 Å². The quantitative estimate of drug-likeness (QED) is 0.786. The topological polar surface area (TPSA) is 29.9 Å². The maximum atomic E-state index is 4.75. The molecule has 0 aliphatic carbocycles. The summed E-state index contributed by atoms with van der Waals surface area (Å²) >= 11 is 0.